The van der Waals surface area contributed by atoms with Crippen molar-refractivity contribution in [2.45, 2.75) is 25.8 Å². The van der Waals surface area contributed by atoms with E-state index in [1.807, 2.05) is 19.1 Å². The molecule has 2 rings (SSSR count). The number of hydrogen-bond acceptors (Lipinski definition) is 4. The van der Waals surface area contributed by atoms with Crippen molar-refractivity contribution in [3.8, 4) is 5.75 Å². The van der Waals surface area contributed by atoms with E-state index in [4.69, 9.17) is 15.2 Å². The number of hydrogen-bond donors (Lipinski definition) is 1. The highest BCUT2D eigenvalue weighted by Crippen LogP contribution is 2.34. The lowest BCUT2D eigenvalue weighted by molar-refractivity contribution is 0.205. The summed E-state index contributed by atoms with van der Waals surface area (Å²) in [5.74, 6) is 0.776. The van der Waals surface area contributed by atoms with Crippen LogP contribution in [0.25, 0.3) is 0 Å². The Balaban J connectivity index is 2.15. The van der Waals surface area contributed by atoms with E-state index in [1.54, 1.807) is 7.11 Å². The van der Waals surface area contributed by atoms with Crippen molar-refractivity contribution in [1.82, 2.24) is 0 Å². The molecule has 1 aliphatic rings. The van der Waals surface area contributed by atoms with Crippen molar-refractivity contribution in [1.29, 1.82) is 0 Å². The number of nitrogen functional groups attached to an aromatic ring is 1. The van der Waals surface area contributed by atoms with Crippen molar-refractivity contribution >= 4 is 11.4 Å². The van der Waals surface area contributed by atoms with Gasteiger partial charge in [0.2, 0.25) is 0 Å². The summed E-state index contributed by atoms with van der Waals surface area (Å²) in [7, 11) is 1.74. The molecule has 2 N–H and O–H groups in total. The Morgan fingerprint density at radius 1 is 1.39 bits per heavy atom. The molecule has 4 heteroatoms. The Labute approximate surface area is 109 Å². The summed E-state index contributed by atoms with van der Waals surface area (Å²) in [6.07, 6.45) is 2.52. The Hall–Kier alpha value is -1.42. The van der Waals surface area contributed by atoms with Gasteiger partial charge in [0, 0.05) is 31.5 Å². The van der Waals surface area contributed by atoms with Gasteiger partial charge in [-0.2, -0.15) is 0 Å². The first-order valence-corrected chi connectivity index (χ1v) is 6.54. The maximum absolute atomic E-state index is 5.90. The molecule has 1 aliphatic carbocycles. The quantitative estimate of drug-likeness (QED) is 0.754. The van der Waals surface area contributed by atoms with E-state index < -0.39 is 0 Å². The summed E-state index contributed by atoms with van der Waals surface area (Å²) in [5, 5.41) is 0. The summed E-state index contributed by atoms with van der Waals surface area (Å²) < 4.78 is 10.7. The molecule has 1 fully saturated rings. The molecular weight excluding hydrogens is 228 g/mol. The van der Waals surface area contributed by atoms with Crippen molar-refractivity contribution in [3.63, 3.8) is 0 Å². The zero-order valence-corrected chi connectivity index (χ0v) is 11.2. The van der Waals surface area contributed by atoms with Crippen LogP contribution in [0.3, 0.4) is 0 Å². The van der Waals surface area contributed by atoms with Crippen LogP contribution in [0.15, 0.2) is 18.2 Å². The van der Waals surface area contributed by atoms with E-state index in [0.29, 0.717) is 18.3 Å². The number of nitrogens with zero attached hydrogens (tertiary/aromatic N) is 1. The van der Waals surface area contributed by atoms with Crippen LogP contribution in [0, 0.1) is 0 Å². The fraction of sp³-hybridized carbons (Fsp3) is 0.571. The molecule has 100 valence electrons. The standard InChI is InChI=1S/C14H22N2O2/c1-3-18-14-10-12(6-7-13(14)15)16(8-9-17-2)11-4-5-11/h6-7,10-11H,3-5,8-9,15H2,1-2H3. The number of methoxy groups -OCH3 is 1. The van der Waals surface area contributed by atoms with Crippen molar-refractivity contribution in [2.75, 3.05) is 37.5 Å². The number of anilines is 2. The topological polar surface area (TPSA) is 47.7 Å². The van der Waals surface area contributed by atoms with Crippen molar-refractivity contribution in [3.05, 3.63) is 18.2 Å². The second-order valence-corrected chi connectivity index (χ2v) is 4.57. The molecule has 0 radical (unpaired) electrons. The minimum atomic E-state index is 0.634. The van der Waals surface area contributed by atoms with Gasteiger partial charge in [-0.3, -0.25) is 0 Å². The van der Waals surface area contributed by atoms with Gasteiger partial charge in [-0.25, -0.2) is 0 Å². The van der Waals surface area contributed by atoms with Crippen LogP contribution >= 0.6 is 0 Å². The molecule has 1 aromatic rings. The molecule has 0 saturated heterocycles. The Morgan fingerprint density at radius 3 is 2.78 bits per heavy atom. The molecule has 18 heavy (non-hydrogen) atoms. The van der Waals surface area contributed by atoms with Crippen LogP contribution in [-0.2, 0) is 4.74 Å². The predicted octanol–water partition coefficient (Wildman–Crippen LogP) is 2.28. The third kappa shape index (κ3) is 3.07. The smallest absolute Gasteiger partial charge is 0.144 e. The molecule has 1 saturated carbocycles. The summed E-state index contributed by atoms with van der Waals surface area (Å²) in [6.45, 7) is 4.26. The number of ether oxygens (including phenoxy) is 2. The molecule has 0 aliphatic heterocycles. The van der Waals surface area contributed by atoms with Crippen LogP contribution in [0.4, 0.5) is 11.4 Å². The lowest BCUT2D eigenvalue weighted by Gasteiger charge is -2.25. The highest BCUT2D eigenvalue weighted by molar-refractivity contribution is 5.63. The van der Waals surface area contributed by atoms with Gasteiger partial charge in [0.25, 0.3) is 0 Å². The molecule has 1 aromatic carbocycles. The van der Waals surface area contributed by atoms with Crippen LogP contribution < -0.4 is 15.4 Å². The molecular formula is C14H22N2O2. The van der Waals surface area contributed by atoms with Crippen LogP contribution in [0.1, 0.15) is 19.8 Å². The fourth-order valence-electron chi connectivity index (χ4n) is 2.08. The zero-order valence-electron chi connectivity index (χ0n) is 11.2. The fourth-order valence-corrected chi connectivity index (χ4v) is 2.08. The Morgan fingerprint density at radius 2 is 2.17 bits per heavy atom. The molecule has 0 amide bonds. The predicted molar refractivity (Wildman–Crippen MR) is 74.3 cm³/mol. The van der Waals surface area contributed by atoms with E-state index in [-0.39, 0.29) is 0 Å². The van der Waals surface area contributed by atoms with E-state index in [9.17, 15) is 0 Å². The van der Waals surface area contributed by atoms with Gasteiger partial charge >= 0.3 is 0 Å². The first-order chi connectivity index (χ1) is 8.76. The third-order valence-electron chi connectivity index (χ3n) is 3.15. The van der Waals surface area contributed by atoms with E-state index in [2.05, 4.69) is 11.0 Å². The Bertz CT molecular complexity index is 391. The summed E-state index contributed by atoms with van der Waals surface area (Å²) in [5.41, 5.74) is 7.77. The molecule has 0 aromatic heterocycles. The van der Waals surface area contributed by atoms with Gasteiger partial charge in [-0.1, -0.05) is 0 Å². The Kier molecular flexibility index (Phi) is 4.31. The van der Waals surface area contributed by atoms with Gasteiger partial charge in [0.1, 0.15) is 5.75 Å². The minimum Gasteiger partial charge on any atom is -0.492 e. The molecule has 4 nitrogen and oxygen atoms in total. The van der Waals surface area contributed by atoms with E-state index >= 15 is 0 Å². The molecule has 0 atom stereocenters. The minimum absolute atomic E-state index is 0.634. The molecule has 0 unspecified atom stereocenters. The lowest BCUT2D eigenvalue weighted by atomic mass is 10.2. The highest BCUT2D eigenvalue weighted by atomic mass is 16.5. The second-order valence-electron chi connectivity index (χ2n) is 4.57. The number of benzene rings is 1. The van der Waals surface area contributed by atoms with Crippen LogP contribution in [0.2, 0.25) is 0 Å². The van der Waals surface area contributed by atoms with E-state index in [1.165, 1.54) is 18.5 Å². The van der Waals surface area contributed by atoms with Gasteiger partial charge in [0.15, 0.2) is 0 Å². The monoisotopic (exact) mass is 250 g/mol. The molecule has 0 spiro atoms. The maximum atomic E-state index is 5.90. The second kappa shape index (κ2) is 5.96. The first-order valence-electron chi connectivity index (χ1n) is 6.54. The molecule has 0 heterocycles. The van der Waals surface area contributed by atoms with Crippen molar-refractivity contribution in [2.24, 2.45) is 0 Å². The third-order valence-corrected chi connectivity index (χ3v) is 3.15. The lowest BCUT2D eigenvalue weighted by Crippen LogP contribution is -2.29. The summed E-state index contributed by atoms with van der Waals surface area (Å²) in [6, 6.07) is 6.67. The van der Waals surface area contributed by atoms with Crippen molar-refractivity contribution < 1.29 is 9.47 Å². The van der Waals surface area contributed by atoms with Crippen LogP contribution in [0.5, 0.6) is 5.75 Å². The highest BCUT2D eigenvalue weighted by Gasteiger charge is 2.29. The van der Waals surface area contributed by atoms with Gasteiger partial charge in [-0.05, 0) is 31.9 Å². The normalized spacial score (nSPS) is 14.6. The summed E-state index contributed by atoms with van der Waals surface area (Å²) in [4.78, 5) is 2.38. The van der Waals surface area contributed by atoms with Gasteiger partial charge < -0.3 is 20.1 Å². The number of nitrogens with two attached hydrogens (primary N) is 1. The molecule has 0 bridgehead atoms. The van der Waals surface area contributed by atoms with Crippen LogP contribution in [-0.4, -0.2) is 32.9 Å². The summed E-state index contributed by atoms with van der Waals surface area (Å²) >= 11 is 0. The maximum Gasteiger partial charge on any atom is 0.144 e. The largest absolute Gasteiger partial charge is 0.492 e. The SMILES string of the molecule is CCOc1cc(N(CCOC)C2CC2)ccc1N. The van der Waals surface area contributed by atoms with Gasteiger partial charge in [-0.15, -0.1) is 0 Å². The number of rotatable bonds is 7. The average Bonchev–Trinajstić information content (AvgIpc) is 3.18. The van der Waals surface area contributed by atoms with Gasteiger partial charge in [0.05, 0.1) is 18.9 Å². The first kappa shape index (κ1) is 13.0. The zero-order chi connectivity index (χ0) is 13.0. The average molecular weight is 250 g/mol. The van der Waals surface area contributed by atoms with E-state index in [0.717, 1.165) is 18.9 Å².